The second kappa shape index (κ2) is 7.00. The number of carbonyl (C=O) groups excluding carboxylic acids is 1. The van der Waals surface area contributed by atoms with Gasteiger partial charge in [0.05, 0.1) is 11.8 Å². The monoisotopic (exact) mass is 370 g/mol. The van der Waals surface area contributed by atoms with Crippen LogP contribution in [0.15, 0.2) is 41.0 Å². The lowest BCUT2D eigenvalue weighted by Gasteiger charge is -2.14. The van der Waals surface area contributed by atoms with Gasteiger partial charge in [-0.15, -0.1) is 0 Å². The summed E-state index contributed by atoms with van der Waals surface area (Å²) < 4.78 is 14.1. The summed E-state index contributed by atoms with van der Waals surface area (Å²) in [5, 5.41) is 2.78. The fraction of sp³-hybridized carbons (Fsp3) is 0.200. The molecule has 1 N–H and O–H groups in total. The van der Waals surface area contributed by atoms with Crippen LogP contribution in [0, 0.1) is 5.82 Å². The second-order valence-corrected chi connectivity index (χ2v) is 5.97. The van der Waals surface area contributed by atoms with Crippen molar-refractivity contribution < 1.29 is 9.18 Å². The van der Waals surface area contributed by atoms with E-state index in [4.69, 9.17) is 11.6 Å². The highest BCUT2D eigenvalue weighted by Gasteiger charge is 2.15. The Morgan fingerprint density at radius 3 is 2.76 bits per heavy atom. The number of benzene rings is 1. The molecule has 0 aliphatic carbocycles. The molecule has 0 fully saturated rings. The largest absolute Gasteiger partial charge is 0.349 e. The minimum absolute atomic E-state index is 0.00950. The van der Waals surface area contributed by atoms with Crippen LogP contribution in [0.3, 0.4) is 0 Å². The molecule has 1 atom stereocenters. The Bertz CT molecular complexity index is 649. The number of nitrogens with one attached hydrogen (secondary N) is 1. The highest BCUT2D eigenvalue weighted by molar-refractivity contribution is 9.10. The predicted octanol–water partition coefficient (Wildman–Crippen LogP) is 4.00. The van der Waals surface area contributed by atoms with Gasteiger partial charge in [-0.1, -0.05) is 39.7 Å². The van der Waals surface area contributed by atoms with Gasteiger partial charge in [-0.2, -0.15) is 0 Å². The van der Waals surface area contributed by atoms with E-state index in [-0.39, 0.29) is 16.8 Å². The maximum absolute atomic E-state index is 13.1. The molecule has 1 aromatic carbocycles. The van der Waals surface area contributed by atoms with E-state index in [1.807, 2.05) is 31.2 Å². The lowest BCUT2D eigenvalue weighted by molar-refractivity contribution is 0.0939. The first-order chi connectivity index (χ1) is 9.95. The summed E-state index contributed by atoms with van der Waals surface area (Å²) in [6, 6.07) is 8.80. The third-order valence-corrected chi connectivity index (χ3v) is 3.71. The van der Waals surface area contributed by atoms with Crippen molar-refractivity contribution in [2.75, 3.05) is 0 Å². The number of hydrogen-bond acceptors (Lipinski definition) is 2. The van der Waals surface area contributed by atoms with Crippen molar-refractivity contribution in [1.29, 1.82) is 0 Å². The summed E-state index contributed by atoms with van der Waals surface area (Å²) in [5.74, 6) is -1.03. The molecule has 3 nitrogen and oxygen atoms in total. The Morgan fingerprint density at radius 2 is 2.10 bits per heavy atom. The van der Waals surface area contributed by atoms with Gasteiger partial charge in [0.25, 0.3) is 5.91 Å². The first kappa shape index (κ1) is 15.9. The van der Waals surface area contributed by atoms with Gasteiger partial charge in [0.2, 0.25) is 0 Å². The van der Waals surface area contributed by atoms with Crippen LogP contribution >= 0.6 is 27.5 Å². The number of halogens is 3. The van der Waals surface area contributed by atoms with Gasteiger partial charge in [-0.25, -0.2) is 9.37 Å². The molecule has 0 radical (unpaired) electrons. The van der Waals surface area contributed by atoms with Crippen LogP contribution in [0.4, 0.5) is 4.39 Å². The summed E-state index contributed by atoms with van der Waals surface area (Å²) in [5.41, 5.74) is 1.13. The number of nitrogens with zero attached hydrogens (tertiary/aromatic N) is 1. The normalized spacial score (nSPS) is 12.0. The number of rotatable bonds is 4. The van der Waals surface area contributed by atoms with E-state index in [0.717, 1.165) is 22.3 Å². The van der Waals surface area contributed by atoms with Crippen molar-refractivity contribution in [3.63, 3.8) is 0 Å². The minimum Gasteiger partial charge on any atom is -0.349 e. The highest BCUT2D eigenvalue weighted by Crippen LogP contribution is 2.15. The summed E-state index contributed by atoms with van der Waals surface area (Å²) in [6.07, 6.45) is 1.64. The van der Waals surface area contributed by atoms with Gasteiger partial charge in [-0.05, 0) is 37.1 Å². The molecule has 1 aromatic heterocycles. The number of carbonyl (C=O) groups is 1. The topological polar surface area (TPSA) is 42.0 Å². The van der Waals surface area contributed by atoms with Crippen molar-refractivity contribution in [2.24, 2.45) is 0 Å². The van der Waals surface area contributed by atoms with Crippen molar-refractivity contribution in [1.82, 2.24) is 10.3 Å². The molecule has 110 valence electrons. The first-order valence-corrected chi connectivity index (χ1v) is 7.49. The van der Waals surface area contributed by atoms with Gasteiger partial charge in [0.15, 0.2) is 0 Å². The third-order valence-electron chi connectivity index (χ3n) is 2.88. The Hall–Kier alpha value is -1.46. The van der Waals surface area contributed by atoms with Crippen LogP contribution in [-0.4, -0.2) is 16.9 Å². The van der Waals surface area contributed by atoms with E-state index in [0.29, 0.717) is 6.42 Å². The van der Waals surface area contributed by atoms with Crippen LogP contribution in [0.2, 0.25) is 5.15 Å². The summed E-state index contributed by atoms with van der Waals surface area (Å²) in [7, 11) is 0. The number of hydrogen-bond donors (Lipinski definition) is 1. The van der Waals surface area contributed by atoms with Crippen molar-refractivity contribution >= 4 is 33.4 Å². The first-order valence-electron chi connectivity index (χ1n) is 6.32. The number of amides is 1. The molecule has 2 aromatic rings. The lowest BCUT2D eigenvalue weighted by Crippen LogP contribution is -2.34. The van der Waals surface area contributed by atoms with E-state index in [9.17, 15) is 9.18 Å². The van der Waals surface area contributed by atoms with Crippen LogP contribution in [-0.2, 0) is 6.42 Å². The average molecular weight is 372 g/mol. The van der Waals surface area contributed by atoms with E-state index in [1.54, 1.807) is 0 Å². The number of aromatic nitrogens is 1. The van der Waals surface area contributed by atoms with Gasteiger partial charge in [0, 0.05) is 10.5 Å². The van der Waals surface area contributed by atoms with E-state index in [1.165, 1.54) is 0 Å². The molecule has 0 aliphatic heterocycles. The second-order valence-electron chi connectivity index (χ2n) is 4.70. The molecule has 1 amide bonds. The lowest BCUT2D eigenvalue weighted by atomic mass is 10.1. The van der Waals surface area contributed by atoms with Crippen molar-refractivity contribution in [3.8, 4) is 0 Å². The third kappa shape index (κ3) is 4.51. The standard InChI is InChI=1S/C15H13BrClFN2O/c1-9(6-10-2-4-11(16)5-3-10)20-15(21)13-7-12(18)8-19-14(13)17/h2-5,7-9H,6H2,1H3,(H,20,21). The summed E-state index contributed by atoms with van der Waals surface area (Å²) in [6.45, 7) is 1.88. The Morgan fingerprint density at radius 1 is 1.43 bits per heavy atom. The average Bonchev–Trinajstić information content (AvgIpc) is 2.44. The molecule has 21 heavy (non-hydrogen) atoms. The van der Waals surface area contributed by atoms with Crippen molar-refractivity contribution in [2.45, 2.75) is 19.4 Å². The van der Waals surface area contributed by atoms with Gasteiger partial charge >= 0.3 is 0 Å². The van der Waals surface area contributed by atoms with E-state index in [2.05, 4.69) is 26.2 Å². The molecule has 0 saturated carbocycles. The molecular formula is C15H13BrClFN2O. The molecular weight excluding hydrogens is 359 g/mol. The molecule has 0 aliphatic rings. The summed E-state index contributed by atoms with van der Waals surface area (Å²) in [4.78, 5) is 15.7. The fourth-order valence-electron chi connectivity index (χ4n) is 1.91. The molecule has 1 heterocycles. The molecule has 0 saturated heterocycles. The highest BCUT2D eigenvalue weighted by atomic mass is 79.9. The van der Waals surface area contributed by atoms with Gasteiger partial charge in [0.1, 0.15) is 11.0 Å². The zero-order chi connectivity index (χ0) is 15.4. The smallest absolute Gasteiger partial charge is 0.254 e. The van der Waals surface area contributed by atoms with E-state index < -0.39 is 11.7 Å². The maximum Gasteiger partial charge on any atom is 0.254 e. The quantitative estimate of drug-likeness (QED) is 0.826. The van der Waals surface area contributed by atoms with Gasteiger partial charge in [-0.3, -0.25) is 4.79 Å². The Kier molecular flexibility index (Phi) is 5.31. The molecule has 1 unspecified atom stereocenters. The minimum atomic E-state index is -0.592. The molecule has 0 spiro atoms. The fourth-order valence-corrected chi connectivity index (χ4v) is 2.36. The maximum atomic E-state index is 13.1. The van der Waals surface area contributed by atoms with Crippen LogP contribution in [0.1, 0.15) is 22.8 Å². The SMILES string of the molecule is CC(Cc1ccc(Br)cc1)NC(=O)c1cc(F)cnc1Cl. The van der Waals surface area contributed by atoms with Crippen LogP contribution in [0.5, 0.6) is 0 Å². The van der Waals surface area contributed by atoms with Gasteiger partial charge < -0.3 is 5.32 Å². The summed E-state index contributed by atoms with van der Waals surface area (Å²) >= 11 is 9.18. The molecule has 2 rings (SSSR count). The predicted molar refractivity (Wildman–Crippen MR) is 84.0 cm³/mol. The Labute approximate surface area is 135 Å². The number of pyridine rings is 1. The zero-order valence-corrected chi connectivity index (χ0v) is 13.6. The van der Waals surface area contributed by atoms with Crippen LogP contribution in [0.25, 0.3) is 0 Å². The Balaban J connectivity index is 2.01. The van der Waals surface area contributed by atoms with Crippen LogP contribution < -0.4 is 5.32 Å². The van der Waals surface area contributed by atoms with E-state index >= 15 is 0 Å². The molecule has 6 heteroatoms. The molecule has 0 bridgehead atoms. The van der Waals surface area contributed by atoms with Crippen molar-refractivity contribution in [3.05, 3.63) is 63.1 Å². The zero-order valence-electron chi connectivity index (χ0n) is 11.2.